The van der Waals surface area contributed by atoms with Crippen LogP contribution in [-0.2, 0) is 55.9 Å². The summed E-state index contributed by atoms with van der Waals surface area (Å²) in [6.45, 7) is -0.747. The van der Waals surface area contributed by atoms with Gasteiger partial charge in [0.1, 0.15) is 25.1 Å². The molecule has 6 aliphatic rings. The van der Waals surface area contributed by atoms with Crippen LogP contribution in [0.3, 0.4) is 0 Å². The number of carbonyl (C=O) groups is 5. The van der Waals surface area contributed by atoms with E-state index in [0.717, 1.165) is 30.4 Å². The number of nitrogens with zero attached hydrogens (tertiary/aromatic N) is 1. The van der Waals surface area contributed by atoms with Crippen molar-refractivity contribution in [3.63, 3.8) is 0 Å². The van der Waals surface area contributed by atoms with Gasteiger partial charge in [-0.2, -0.15) is 0 Å². The average molecular weight is 857 g/mol. The molecule has 3 saturated carbocycles. The van der Waals surface area contributed by atoms with E-state index in [-0.39, 0.29) is 17.6 Å². The summed E-state index contributed by atoms with van der Waals surface area (Å²) in [4.78, 5) is 87.7. The zero-order valence-corrected chi connectivity index (χ0v) is 32.5. The van der Waals surface area contributed by atoms with Gasteiger partial charge in [-0.25, -0.2) is 17.5 Å². The summed E-state index contributed by atoms with van der Waals surface area (Å²) in [5.74, 6) is -7.24. The number of Topliss-reactive ketones (excluding diaryl/α,β-unsaturated/α-hetero) is 1. The summed E-state index contributed by atoms with van der Waals surface area (Å²) in [7, 11) is -11.7. The normalized spacial score (nSPS) is 38.3. The Balaban J connectivity index is 1.08. The number of amides is 3. The highest BCUT2D eigenvalue weighted by atomic mass is 31.3. The number of benzene rings is 1. The maximum absolute atomic E-state index is 17.8. The third-order valence-electron chi connectivity index (χ3n) is 12.4. The van der Waals surface area contributed by atoms with Crippen LogP contribution in [0.5, 0.6) is 0 Å². The second kappa shape index (κ2) is 14.8. The second-order valence-electron chi connectivity index (χ2n) is 15.4. The fourth-order valence-electron chi connectivity index (χ4n) is 9.80. The molecule has 0 spiro atoms. The molecule has 0 radical (unpaired) electrons. The van der Waals surface area contributed by atoms with Crippen LogP contribution in [0.25, 0.3) is 0 Å². The minimum absolute atomic E-state index is 0.146. The molecule has 2 N–H and O–H groups in total. The minimum Gasteiger partial charge on any atom is -0.756 e. The van der Waals surface area contributed by atoms with Gasteiger partial charge in [0.2, 0.25) is 5.91 Å². The predicted octanol–water partition coefficient (Wildman–Crippen LogP) is 1.50. The number of aliphatic hydroxyl groups is 1. The van der Waals surface area contributed by atoms with Gasteiger partial charge in [0.15, 0.2) is 29.1 Å². The maximum atomic E-state index is 17.8. The molecule has 0 bridgehead atoms. The molecule has 17 nitrogen and oxygen atoms in total. The van der Waals surface area contributed by atoms with Crippen LogP contribution in [-0.4, -0.2) is 95.2 Å². The Bertz CT molecular complexity index is 2140. The molecule has 2 aliphatic heterocycles. The molecule has 2 heterocycles. The standard InChI is InChI=1S/C36H39F3N2O15P2/c1-33-10-9-19(42)13-23(33)25(38)14-22-21-15-28-36(34(21,2)16-26(43)35(22,33)39,55-32(54-28)20-5-3-4-6-24(20)37)27(44)18-53-58(50,51)56-57(48,49)52-12-11-40-29(45)17-41-30(46)7-8-31(41)47/h3-10,13,21-22,25-26,28,32,43H,11-12,14-18H2,1-2H3,(H,40,45)(H,48,49)(H,50,51)/p-2/t21-,22-,25-,26-,28+,32+,33-,34-,35-,36+/m0/s1. The van der Waals surface area contributed by atoms with E-state index in [2.05, 4.69) is 14.2 Å². The van der Waals surface area contributed by atoms with Gasteiger partial charge in [-0.15, -0.1) is 0 Å². The predicted molar refractivity (Wildman–Crippen MR) is 184 cm³/mol. The molecule has 4 fully saturated rings. The number of carbonyl (C=O) groups excluding carboxylic acids is 5. The van der Waals surface area contributed by atoms with Crippen LogP contribution in [0.4, 0.5) is 13.2 Å². The summed E-state index contributed by atoms with van der Waals surface area (Å²) >= 11 is 0. The number of rotatable bonds is 13. The van der Waals surface area contributed by atoms with Crippen LogP contribution in [0.15, 0.2) is 60.2 Å². The van der Waals surface area contributed by atoms with Crippen molar-refractivity contribution in [2.24, 2.45) is 22.7 Å². The van der Waals surface area contributed by atoms with E-state index in [1.165, 1.54) is 38.1 Å². The zero-order chi connectivity index (χ0) is 42.2. The summed E-state index contributed by atoms with van der Waals surface area (Å²) in [6.07, 6.45) is -2.78. The highest BCUT2D eigenvalue weighted by molar-refractivity contribution is 7.59. The summed E-state index contributed by atoms with van der Waals surface area (Å²) in [6, 6.07) is 5.24. The molecule has 12 atom stereocenters. The van der Waals surface area contributed by atoms with Gasteiger partial charge in [-0.05, 0) is 55.9 Å². The van der Waals surface area contributed by atoms with Crippen molar-refractivity contribution in [3.8, 4) is 0 Å². The summed E-state index contributed by atoms with van der Waals surface area (Å²) in [5, 5.41) is 13.9. The number of phosphoric acid groups is 2. The fraction of sp³-hybridized carbons (Fsp3) is 0.528. The lowest BCUT2D eigenvalue weighted by atomic mass is 9.44. The van der Waals surface area contributed by atoms with Gasteiger partial charge in [0.25, 0.3) is 27.5 Å². The van der Waals surface area contributed by atoms with Gasteiger partial charge in [0, 0.05) is 41.0 Å². The number of nitrogens with one attached hydrogen (secondary N) is 1. The van der Waals surface area contributed by atoms with Gasteiger partial charge in [-0.3, -0.25) is 38.0 Å². The number of hydrogen-bond donors (Lipinski definition) is 2. The summed E-state index contributed by atoms with van der Waals surface area (Å²) < 4.78 is 99.7. The molecule has 7 rings (SSSR count). The van der Waals surface area contributed by atoms with E-state index in [1.54, 1.807) is 0 Å². The van der Waals surface area contributed by atoms with Crippen LogP contribution < -0.4 is 15.1 Å². The van der Waals surface area contributed by atoms with Crippen molar-refractivity contribution in [2.45, 2.75) is 69.0 Å². The molecular weight excluding hydrogens is 819 g/mol. The molecule has 1 saturated heterocycles. The first-order valence-corrected chi connectivity index (χ1v) is 21.0. The molecule has 1 aromatic carbocycles. The van der Waals surface area contributed by atoms with Crippen molar-refractivity contribution in [2.75, 3.05) is 26.3 Å². The number of allylic oxidation sites excluding steroid dienone is 4. The number of ether oxygens (including phenoxy) is 2. The topological polar surface area (TPSA) is 247 Å². The van der Waals surface area contributed by atoms with E-state index in [0.29, 0.717) is 4.90 Å². The first kappa shape index (κ1) is 42.4. The number of fused-ring (bicyclic) bond motifs is 7. The van der Waals surface area contributed by atoms with Crippen LogP contribution in [0, 0.1) is 28.5 Å². The second-order valence-corrected chi connectivity index (χ2v) is 18.3. The Morgan fingerprint density at radius 3 is 2.40 bits per heavy atom. The molecule has 314 valence electrons. The third kappa shape index (κ3) is 6.80. The third-order valence-corrected chi connectivity index (χ3v) is 14.9. The van der Waals surface area contributed by atoms with Crippen molar-refractivity contribution < 1.29 is 84.0 Å². The molecule has 58 heavy (non-hydrogen) atoms. The van der Waals surface area contributed by atoms with Crippen molar-refractivity contribution in [1.29, 1.82) is 0 Å². The first-order valence-electron chi connectivity index (χ1n) is 18.1. The van der Waals surface area contributed by atoms with E-state index in [1.807, 2.05) is 0 Å². The minimum atomic E-state index is -5.98. The molecule has 22 heteroatoms. The van der Waals surface area contributed by atoms with Crippen molar-refractivity contribution in [3.05, 3.63) is 71.6 Å². The number of imide groups is 1. The van der Waals surface area contributed by atoms with Crippen molar-refractivity contribution in [1.82, 2.24) is 10.2 Å². The number of aliphatic hydroxyl groups excluding tert-OH is 1. The number of ketones is 2. The number of halogens is 3. The molecule has 1 aromatic rings. The van der Waals surface area contributed by atoms with E-state index in [9.17, 15) is 48.0 Å². The smallest absolute Gasteiger partial charge is 0.274 e. The molecular formula is C36H37F3N2O15P2-2. The van der Waals surface area contributed by atoms with Gasteiger partial charge >= 0.3 is 0 Å². The lowest BCUT2D eigenvalue weighted by molar-refractivity contribution is -0.246. The van der Waals surface area contributed by atoms with E-state index in [4.69, 9.17) is 14.0 Å². The molecule has 0 aromatic heterocycles. The van der Waals surface area contributed by atoms with E-state index < -0.39 is 149 Å². The SMILES string of the molecule is C[C@]12C=CC(=O)C=C1[C@@H](F)C[C@H]1[C@@H]3C[C@H]4O[C@@H](c5ccccc5F)O[C@@]4(C(=O)COP(=O)([O-])OP(=O)([O-])OCCNC(=O)CN4C(=O)C=CC4=O)[C@@]3(C)C[C@H](O)[C@@]12F. The lowest BCUT2D eigenvalue weighted by Crippen LogP contribution is -2.70. The largest absolute Gasteiger partial charge is 0.756 e. The van der Waals surface area contributed by atoms with Crippen LogP contribution >= 0.6 is 15.6 Å². The Hall–Kier alpha value is -3.68. The van der Waals surface area contributed by atoms with Gasteiger partial charge in [0.05, 0.1) is 18.8 Å². The molecule has 3 amide bonds. The van der Waals surface area contributed by atoms with Crippen LogP contribution in [0.1, 0.15) is 45.0 Å². The van der Waals surface area contributed by atoms with Gasteiger partial charge < -0.3 is 38.7 Å². The number of phosphoric ester groups is 2. The Morgan fingerprint density at radius 2 is 1.71 bits per heavy atom. The van der Waals surface area contributed by atoms with Gasteiger partial charge in [-0.1, -0.05) is 31.2 Å². The summed E-state index contributed by atoms with van der Waals surface area (Å²) in [5.41, 5.74) is -8.65. The average Bonchev–Trinajstić information content (AvgIpc) is 3.76. The lowest BCUT2D eigenvalue weighted by Gasteiger charge is -2.63. The Kier molecular flexibility index (Phi) is 10.8. The Labute approximate surface area is 328 Å². The monoisotopic (exact) mass is 856 g/mol. The van der Waals surface area contributed by atoms with Crippen molar-refractivity contribution >= 4 is 44.9 Å². The molecule has 4 aliphatic carbocycles. The van der Waals surface area contributed by atoms with E-state index >= 15 is 13.2 Å². The fourth-order valence-corrected chi connectivity index (χ4v) is 11.7. The number of hydrogen-bond acceptors (Lipinski definition) is 15. The number of alkyl halides is 2. The Morgan fingerprint density at radius 1 is 1.03 bits per heavy atom. The highest BCUT2D eigenvalue weighted by Gasteiger charge is 2.80. The zero-order valence-electron chi connectivity index (χ0n) is 30.7. The van der Waals surface area contributed by atoms with Crippen LogP contribution in [0.2, 0.25) is 0 Å². The first-order chi connectivity index (χ1) is 27.1. The quantitative estimate of drug-likeness (QED) is 0.162. The maximum Gasteiger partial charge on any atom is 0.274 e. The molecule has 2 unspecified atom stereocenters. The highest BCUT2D eigenvalue weighted by Crippen LogP contribution is 2.73.